The number of halogens is 1. The predicted octanol–water partition coefficient (Wildman–Crippen LogP) is 2.20. The van der Waals surface area contributed by atoms with Crippen molar-refractivity contribution in [2.24, 2.45) is 20.0 Å². The third kappa shape index (κ3) is 3.26. The minimum absolute atomic E-state index is 0.155. The highest BCUT2D eigenvalue weighted by atomic mass is 35.5. The summed E-state index contributed by atoms with van der Waals surface area (Å²) in [6.45, 7) is 5.05. The molecule has 0 saturated heterocycles. The Morgan fingerprint density at radius 1 is 1.19 bits per heavy atom. The van der Waals surface area contributed by atoms with E-state index in [0.717, 1.165) is 12.1 Å². The van der Waals surface area contributed by atoms with Crippen LogP contribution in [0.25, 0.3) is 11.2 Å². The van der Waals surface area contributed by atoms with E-state index in [2.05, 4.69) is 24.1 Å². The lowest BCUT2D eigenvalue weighted by molar-refractivity contribution is 0.655. The van der Waals surface area contributed by atoms with Crippen LogP contribution < -0.4 is 16.6 Å². The standard InChI is InChI=1S/C18H22ClN5O2/c1-11(2)9-20-17-21-15-14(22(17)3)16(25)24(18(26)23(15)4)10-12-6-5-7-13(19)8-12/h5-8,11H,9-10H2,1-4H3,(H,20,21). The molecule has 0 aliphatic carbocycles. The minimum Gasteiger partial charge on any atom is -0.355 e. The van der Waals surface area contributed by atoms with Gasteiger partial charge in [0.25, 0.3) is 5.56 Å². The highest BCUT2D eigenvalue weighted by Crippen LogP contribution is 2.15. The lowest BCUT2D eigenvalue weighted by Crippen LogP contribution is -2.39. The molecule has 2 aromatic heterocycles. The van der Waals surface area contributed by atoms with Gasteiger partial charge in [-0.15, -0.1) is 0 Å². The molecule has 0 saturated carbocycles. The molecule has 3 rings (SSSR count). The van der Waals surface area contributed by atoms with E-state index in [9.17, 15) is 9.59 Å². The van der Waals surface area contributed by atoms with Gasteiger partial charge in [0.1, 0.15) is 0 Å². The second kappa shape index (κ2) is 6.99. The summed E-state index contributed by atoms with van der Waals surface area (Å²) in [4.78, 5) is 30.1. The molecule has 0 spiro atoms. The Morgan fingerprint density at radius 3 is 2.58 bits per heavy atom. The molecule has 0 unspecified atom stereocenters. The number of rotatable bonds is 5. The molecule has 0 atom stereocenters. The second-order valence-electron chi connectivity index (χ2n) is 6.80. The zero-order valence-corrected chi connectivity index (χ0v) is 16.0. The SMILES string of the molecule is CC(C)CNc1nc2c(c(=O)n(Cc3cccc(Cl)c3)c(=O)n2C)n1C. The minimum atomic E-state index is -0.406. The first kappa shape index (κ1) is 18.3. The van der Waals surface area contributed by atoms with E-state index in [1.54, 1.807) is 36.9 Å². The number of nitrogens with zero attached hydrogens (tertiary/aromatic N) is 4. The van der Waals surface area contributed by atoms with Gasteiger partial charge in [-0.25, -0.2) is 4.79 Å². The van der Waals surface area contributed by atoms with Crippen molar-refractivity contribution in [3.8, 4) is 0 Å². The van der Waals surface area contributed by atoms with Crippen molar-refractivity contribution in [3.63, 3.8) is 0 Å². The summed E-state index contributed by atoms with van der Waals surface area (Å²) in [5, 5.41) is 3.79. The van der Waals surface area contributed by atoms with E-state index in [1.165, 1.54) is 9.13 Å². The van der Waals surface area contributed by atoms with Crippen LogP contribution in [0.4, 0.5) is 5.95 Å². The third-order valence-electron chi connectivity index (χ3n) is 4.26. The van der Waals surface area contributed by atoms with E-state index in [4.69, 9.17) is 11.6 Å². The molecule has 0 aliphatic heterocycles. The maximum Gasteiger partial charge on any atom is 0.332 e. The summed E-state index contributed by atoms with van der Waals surface area (Å²) in [5.41, 5.74) is 0.777. The molecule has 0 fully saturated rings. The molecule has 0 amide bonds. The molecule has 1 N–H and O–H groups in total. The Kier molecular flexibility index (Phi) is 4.91. The largest absolute Gasteiger partial charge is 0.355 e. The van der Waals surface area contributed by atoms with Crippen molar-refractivity contribution < 1.29 is 0 Å². The van der Waals surface area contributed by atoms with Crippen LogP contribution in [0, 0.1) is 5.92 Å². The fraction of sp³-hybridized carbons (Fsp3) is 0.389. The van der Waals surface area contributed by atoms with Gasteiger partial charge in [0.15, 0.2) is 11.2 Å². The van der Waals surface area contributed by atoms with E-state index in [1.807, 2.05) is 6.07 Å². The smallest absolute Gasteiger partial charge is 0.332 e. The molecular formula is C18H22ClN5O2. The number of anilines is 1. The van der Waals surface area contributed by atoms with Crippen molar-refractivity contribution >= 4 is 28.7 Å². The number of aryl methyl sites for hydroxylation is 2. The van der Waals surface area contributed by atoms with Gasteiger partial charge < -0.3 is 9.88 Å². The molecule has 2 heterocycles. The molecule has 3 aromatic rings. The van der Waals surface area contributed by atoms with Gasteiger partial charge in [-0.05, 0) is 23.6 Å². The van der Waals surface area contributed by atoms with E-state index >= 15 is 0 Å². The molecule has 0 bridgehead atoms. The molecule has 7 nitrogen and oxygen atoms in total. The summed E-state index contributed by atoms with van der Waals surface area (Å²) in [6, 6.07) is 7.13. The number of imidazole rings is 1. The molecule has 138 valence electrons. The average molecular weight is 376 g/mol. The fourth-order valence-corrected chi connectivity index (χ4v) is 3.07. The fourth-order valence-electron chi connectivity index (χ4n) is 2.85. The maximum absolute atomic E-state index is 13.0. The number of hydrogen-bond donors (Lipinski definition) is 1. The van der Waals surface area contributed by atoms with Crippen molar-refractivity contribution in [1.29, 1.82) is 0 Å². The van der Waals surface area contributed by atoms with Gasteiger partial charge in [0.2, 0.25) is 5.95 Å². The van der Waals surface area contributed by atoms with Gasteiger partial charge >= 0.3 is 5.69 Å². The van der Waals surface area contributed by atoms with Gasteiger partial charge in [0.05, 0.1) is 6.54 Å². The summed E-state index contributed by atoms with van der Waals surface area (Å²) in [6.07, 6.45) is 0. The van der Waals surface area contributed by atoms with Crippen LogP contribution in [-0.4, -0.2) is 25.2 Å². The lowest BCUT2D eigenvalue weighted by atomic mass is 10.2. The first-order valence-electron chi connectivity index (χ1n) is 8.44. The zero-order valence-electron chi connectivity index (χ0n) is 15.3. The van der Waals surface area contributed by atoms with E-state index in [-0.39, 0.29) is 12.1 Å². The van der Waals surface area contributed by atoms with Crippen LogP contribution in [0.2, 0.25) is 5.02 Å². The third-order valence-corrected chi connectivity index (χ3v) is 4.49. The first-order valence-corrected chi connectivity index (χ1v) is 8.82. The lowest BCUT2D eigenvalue weighted by Gasteiger charge is -2.09. The van der Waals surface area contributed by atoms with Crippen molar-refractivity contribution in [1.82, 2.24) is 18.7 Å². The average Bonchev–Trinajstić information content (AvgIpc) is 2.92. The van der Waals surface area contributed by atoms with Crippen LogP contribution in [0.5, 0.6) is 0 Å². The Bertz CT molecular complexity index is 1080. The number of benzene rings is 1. The molecular weight excluding hydrogens is 354 g/mol. The highest BCUT2D eigenvalue weighted by molar-refractivity contribution is 6.30. The van der Waals surface area contributed by atoms with Gasteiger partial charge in [-0.1, -0.05) is 37.6 Å². The van der Waals surface area contributed by atoms with E-state index in [0.29, 0.717) is 28.1 Å². The van der Waals surface area contributed by atoms with Gasteiger partial charge in [-0.2, -0.15) is 4.98 Å². The van der Waals surface area contributed by atoms with Crippen molar-refractivity contribution in [2.45, 2.75) is 20.4 Å². The Labute approximate surface area is 155 Å². The monoisotopic (exact) mass is 375 g/mol. The van der Waals surface area contributed by atoms with Crippen LogP contribution >= 0.6 is 11.6 Å². The van der Waals surface area contributed by atoms with Crippen LogP contribution in [0.15, 0.2) is 33.9 Å². The second-order valence-corrected chi connectivity index (χ2v) is 7.24. The van der Waals surface area contributed by atoms with Crippen LogP contribution in [-0.2, 0) is 20.6 Å². The number of aromatic nitrogens is 4. The van der Waals surface area contributed by atoms with E-state index < -0.39 is 5.69 Å². The quantitative estimate of drug-likeness (QED) is 0.742. The van der Waals surface area contributed by atoms with Crippen LogP contribution in [0.3, 0.4) is 0 Å². The maximum atomic E-state index is 13.0. The topological polar surface area (TPSA) is 73.8 Å². The van der Waals surface area contributed by atoms with Crippen molar-refractivity contribution in [3.05, 3.63) is 55.7 Å². The zero-order chi connectivity index (χ0) is 19.0. The number of hydrogen-bond acceptors (Lipinski definition) is 4. The van der Waals surface area contributed by atoms with Crippen LogP contribution in [0.1, 0.15) is 19.4 Å². The predicted molar refractivity (Wildman–Crippen MR) is 104 cm³/mol. The Hall–Kier alpha value is -2.54. The first-order chi connectivity index (χ1) is 12.3. The molecule has 8 heteroatoms. The molecule has 1 aromatic carbocycles. The molecule has 0 aliphatic rings. The summed E-state index contributed by atoms with van der Waals surface area (Å²) < 4.78 is 4.32. The highest BCUT2D eigenvalue weighted by Gasteiger charge is 2.18. The number of fused-ring (bicyclic) bond motifs is 1. The summed E-state index contributed by atoms with van der Waals surface area (Å²) in [5.74, 6) is 0.999. The summed E-state index contributed by atoms with van der Waals surface area (Å²) >= 11 is 6.01. The molecule has 0 radical (unpaired) electrons. The van der Waals surface area contributed by atoms with Crippen molar-refractivity contribution in [2.75, 3.05) is 11.9 Å². The number of nitrogens with one attached hydrogen (secondary N) is 1. The Morgan fingerprint density at radius 2 is 1.92 bits per heavy atom. The van der Waals surface area contributed by atoms with Gasteiger partial charge in [-0.3, -0.25) is 13.9 Å². The summed E-state index contributed by atoms with van der Waals surface area (Å²) in [7, 11) is 3.39. The normalized spacial score (nSPS) is 11.5. The van der Waals surface area contributed by atoms with Gasteiger partial charge in [0, 0.05) is 25.7 Å². The Balaban J connectivity index is 2.15. The molecule has 26 heavy (non-hydrogen) atoms.